The summed E-state index contributed by atoms with van der Waals surface area (Å²) in [7, 11) is -1.25. The van der Waals surface area contributed by atoms with Gasteiger partial charge in [-0.05, 0) is 42.7 Å². The molecule has 0 aliphatic rings. The number of anilines is 1. The van der Waals surface area contributed by atoms with Gasteiger partial charge in [0.25, 0.3) is 10.0 Å². The molecule has 0 unspecified atom stereocenters. The summed E-state index contributed by atoms with van der Waals surface area (Å²) in [4.78, 5) is 28.7. The Kier molecular flexibility index (Phi) is 11.0. The van der Waals surface area contributed by atoms with Gasteiger partial charge >= 0.3 is 0 Å². The van der Waals surface area contributed by atoms with Gasteiger partial charge in [0.05, 0.1) is 24.8 Å². The van der Waals surface area contributed by atoms with Crippen molar-refractivity contribution >= 4 is 27.5 Å². The Hall–Kier alpha value is -4.05. The van der Waals surface area contributed by atoms with Crippen LogP contribution in [-0.2, 0) is 26.2 Å². The molecular formula is C30H37N3O6S. The van der Waals surface area contributed by atoms with Crippen molar-refractivity contribution in [2.75, 3.05) is 31.6 Å². The van der Waals surface area contributed by atoms with E-state index in [1.807, 2.05) is 44.2 Å². The van der Waals surface area contributed by atoms with E-state index < -0.39 is 28.5 Å². The Bertz CT molecular complexity index is 1370. The Balaban J connectivity index is 2.08. The van der Waals surface area contributed by atoms with Crippen LogP contribution in [0.25, 0.3) is 0 Å². The number of amides is 2. The van der Waals surface area contributed by atoms with Gasteiger partial charge in [-0.3, -0.25) is 13.9 Å². The lowest BCUT2D eigenvalue weighted by Gasteiger charge is -2.33. The molecule has 0 aliphatic heterocycles. The van der Waals surface area contributed by atoms with Crippen molar-refractivity contribution in [1.29, 1.82) is 0 Å². The van der Waals surface area contributed by atoms with Crippen molar-refractivity contribution in [3.05, 3.63) is 84.4 Å². The maximum atomic E-state index is 14.0. The summed E-state index contributed by atoms with van der Waals surface area (Å²) in [6, 6.07) is 21.1. The molecule has 0 heterocycles. The van der Waals surface area contributed by atoms with E-state index in [1.54, 1.807) is 30.3 Å². The highest BCUT2D eigenvalue weighted by Crippen LogP contribution is 2.34. The van der Waals surface area contributed by atoms with Gasteiger partial charge in [0.15, 0.2) is 11.5 Å². The average molecular weight is 568 g/mol. The molecule has 0 aromatic heterocycles. The fourth-order valence-corrected chi connectivity index (χ4v) is 5.72. The third kappa shape index (κ3) is 7.32. The topological polar surface area (TPSA) is 105 Å². The smallest absolute Gasteiger partial charge is 0.264 e. The van der Waals surface area contributed by atoms with Crippen LogP contribution in [0.5, 0.6) is 11.5 Å². The first-order valence-corrected chi connectivity index (χ1v) is 14.6. The molecule has 0 saturated heterocycles. The predicted molar refractivity (Wildman–Crippen MR) is 155 cm³/mol. The van der Waals surface area contributed by atoms with Crippen LogP contribution in [0.15, 0.2) is 83.8 Å². The van der Waals surface area contributed by atoms with Crippen LogP contribution < -0.4 is 19.1 Å². The maximum absolute atomic E-state index is 14.0. The lowest BCUT2D eigenvalue weighted by Crippen LogP contribution is -2.52. The maximum Gasteiger partial charge on any atom is 0.264 e. The lowest BCUT2D eigenvalue weighted by molar-refractivity contribution is -0.140. The molecule has 0 fully saturated rings. The molecule has 10 heteroatoms. The molecule has 1 N–H and O–H groups in total. The third-order valence-corrected chi connectivity index (χ3v) is 8.18. The molecule has 1 atom stereocenters. The molecule has 3 aromatic carbocycles. The van der Waals surface area contributed by atoms with Crippen LogP contribution in [0.3, 0.4) is 0 Å². The van der Waals surface area contributed by atoms with Crippen LogP contribution >= 0.6 is 0 Å². The number of hydrogen-bond acceptors (Lipinski definition) is 6. The minimum Gasteiger partial charge on any atom is -0.493 e. The van der Waals surface area contributed by atoms with Crippen molar-refractivity contribution in [2.24, 2.45) is 0 Å². The van der Waals surface area contributed by atoms with Crippen LogP contribution in [0.1, 0.15) is 32.3 Å². The number of rotatable bonds is 14. The predicted octanol–water partition coefficient (Wildman–Crippen LogP) is 4.23. The molecule has 3 rings (SSSR count). The monoisotopic (exact) mass is 567 g/mol. The largest absolute Gasteiger partial charge is 0.493 e. The molecule has 214 valence electrons. The van der Waals surface area contributed by atoms with E-state index in [-0.39, 0.29) is 23.0 Å². The van der Waals surface area contributed by atoms with Gasteiger partial charge in [-0.15, -0.1) is 0 Å². The number of hydrogen-bond donors (Lipinski definition) is 1. The first-order valence-electron chi connectivity index (χ1n) is 13.2. The van der Waals surface area contributed by atoms with Crippen molar-refractivity contribution < 1.29 is 27.5 Å². The summed E-state index contributed by atoms with van der Waals surface area (Å²) in [6.07, 6.45) is 1.10. The molecular weight excluding hydrogens is 530 g/mol. The fraction of sp³-hybridized carbons (Fsp3) is 0.333. The number of methoxy groups -OCH3 is 2. The second-order valence-corrected chi connectivity index (χ2v) is 10.9. The number of nitrogens with one attached hydrogen (secondary N) is 1. The number of ether oxygens (including phenoxy) is 2. The molecule has 0 aliphatic carbocycles. The lowest BCUT2D eigenvalue weighted by atomic mass is 10.1. The summed E-state index contributed by atoms with van der Waals surface area (Å²) in [6.45, 7) is 3.86. The van der Waals surface area contributed by atoms with Crippen LogP contribution in [0.4, 0.5) is 5.69 Å². The molecule has 9 nitrogen and oxygen atoms in total. The zero-order valence-electron chi connectivity index (χ0n) is 23.4. The van der Waals surface area contributed by atoms with Gasteiger partial charge in [-0.25, -0.2) is 8.42 Å². The van der Waals surface area contributed by atoms with Crippen LogP contribution in [0.2, 0.25) is 0 Å². The Morgan fingerprint density at radius 2 is 1.50 bits per heavy atom. The van der Waals surface area contributed by atoms with Crippen molar-refractivity contribution in [2.45, 2.75) is 44.2 Å². The van der Waals surface area contributed by atoms with Crippen LogP contribution in [0, 0.1) is 0 Å². The third-order valence-electron chi connectivity index (χ3n) is 6.40. The van der Waals surface area contributed by atoms with E-state index in [4.69, 9.17) is 9.47 Å². The van der Waals surface area contributed by atoms with E-state index in [0.717, 1.165) is 16.3 Å². The van der Waals surface area contributed by atoms with Gasteiger partial charge in [0.2, 0.25) is 11.8 Å². The number of carbonyl (C=O) groups excluding carboxylic acids is 2. The zero-order chi connectivity index (χ0) is 29.1. The number of nitrogens with zero attached hydrogens (tertiary/aromatic N) is 2. The minimum atomic E-state index is -4.18. The van der Waals surface area contributed by atoms with Gasteiger partial charge in [-0.1, -0.05) is 62.4 Å². The van der Waals surface area contributed by atoms with Gasteiger partial charge < -0.3 is 19.7 Å². The Morgan fingerprint density at radius 3 is 2.08 bits per heavy atom. The highest BCUT2D eigenvalue weighted by molar-refractivity contribution is 7.92. The van der Waals surface area contributed by atoms with Crippen LogP contribution in [-0.4, -0.2) is 58.5 Å². The molecule has 0 radical (unpaired) electrons. The summed E-state index contributed by atoms with van der Waals surface area (Å²) in [5.41, 5.74) is 1.04. The van der Waals surface area contributed by atoms with Gasteiger partial charge in [-0.2, -0.15) is 0 Å². The first kappa shape index (κ1) is 30.5. The highest BCUT2D eigenvalue weighted by atomic mass is 32.2. The van der Waals surface area contributed by atoms with E-state index in [9.17, 15) is 18.0 Å². The van der Waals surface area contributed by atoms with Crippen molar-refractivity contribution in [3.63, 3.8) is 0 Å². The highest BCUT2D eigenvalue weighted by Gasteiger charge is 2.34. The molecule has 40 heavy (non-hydrogen) atoms. The molecule has 0 saturated carbocycles. The van der Waals surface area contributed by atoms with E-state index in [1.165, 1.54) is 37.3 Å². The van der Waals surface area contributed by atoms with E-state index in [0.29, 0.717) is 24.5 Å². The van der Waals surface area contributed by atoms with E-state index >= 15 is 0 Å². The van der Waals surface area contributed by atoms with Crippen molar-refractivity contribution in [1.82, 2.24) is 10.2 Å². The molecule has 3 aromatic rings. The van der Waals surface area contributed by atoms with Crippen molar-refractivity contribution in [3.8, 4) is 11.5 Å². The fourth-order valence-electron chi connectivity index (χ4n) is 4.29. The average Bonchev–Trinajstić information content (AvgIpc) is 2.99. The Morgan fingerprint density at radius 1 is 0.875 bits per heavy atom. The number of sulfonamides is 1. The second kappa shape index (κ2) is 14.4. The quantitative estimate of drug-likeness (QED) is 0.313. The molecule has 0 bridgehead atoms. The number of carbonyl (C=O) groups is 2. The number of benzene rings is 3. The summed E-state index contributed by atoms with van der Waals surface area (Å²) in [5.74, 6) is -0.0694. The van der Waals surface area contributed by atoms with Gasteiger partial charge in [0, 0.05) is 19.2 Å². The van der Waals surface area contributed by atoms with Gasteiger partial charge in [0.1, 0.15) is 12.6 Å². The molecule has 0 spiro atoms. The summed E-state index contributed by atoms with van der Waals surface area (Å²) in [5, 5.41) is 2.88. The standard InChI is InChI=1S/C30H37N3O6S/c1-5-19-31-30(35)26(6-2)32(21-23-13-9-7-10-14-23)29(34)22-33(40(36,37)25-15-11-8-12-16-25)24-17-18-27(38-3)28(20-24)39-4/h7-18,20,26H,5-6,19,21-22H2,1-4H3,(H,31,35)/t26-/m0/s1. The first-order chi connectivity index (χ1) is 19.3. The zero-order valence-corrected chi connectivity index (χ0v) is 24.2. The Labute approximate surface area is 236 Å². The summed E-state index contributed by atoms with van der Waals surface area (Å²) >= 11 is 0. The van der Waals surface area contributed by atoms with E-state index in [2.05, 4.69) is 5.32 Å². The SMILES string of the molecule is CCCNC(=O)[C@H](CC)N(Cc1ccccc1)C(=O)CN(c1ccc(OC)c(OC)c1)S(=O)(=O)c1ccccc1. The normalized spacial score (nSPS) is 11.8. The second-order valence-electron chi connectivity index (χ2n) is 9.09. The minimum absolute atomic E-state index is 0.0277. The molecule has 2 amide bonds. The summed E-state index contributed by atoms with van der Waals surface area (Å²) < 4.78 is 39.6.